The fourth-order valence-corrected chi connectivity index (χ4v) is 7.59. The van der Waals surface area contributed by atoms with Crippen LogP contribution in [-0.4, -0.2) is 57.9 Å². The van der Waals surface area contributed by atoms with Crippen molar-refractivity contribution >= 4 is 28.5 Å². The molecule has 1 saturated heterocycles. The van der Waals surface area contributed by atoms with Crippen molar-refractivity contribution in [2.45, 2.75) is 54.9 Å². The van der Waals surface area contributed by atoms with Crippen LogP contribution >= 0.6 is 22.6 Å². The maximum absolute atomic E-state index is 13.1. The maximum Gasteiger partial charge on any atom is 0.251 e. The number of hydrogen-bond donors (Lipinski definition) is 3. The molecule has 0 unspecified atom stereocenters. The monoisotopic (exact) mass is 558 g/mol. The quantitative estimate of drug-likeness (QED) is 0.397. The highest BCUT2D eigenvalue weighted by Crippen LogP contribution is 2.65. The molecule has 5 atom stereocenters. The number of aromatic hydroxyl groups is 1. The van der Waals surface area contributed by atoms with Gasteiger partial charge in [-0.15, -0.1) is 6.58 Å². The molecule has 33 heavy (non-hydrogen) atoms. The second-order valence-electron chi connectivity index (χ2n) is 9.76. The molecule has 2 aliphatic heterocycles. The van der Waals surface area contributed by atoms with Crippen LogP contribution in [0.2, 0.25) is 0 Å². The molecule has 7 heteroatoms. The lowest BCUT2D eigenvalue weighted by Crippen LogP contribution is -2.78. The Morgan fingerprint density at radius 2 is 2.18 bits per heavy atom. The minimum atomic E-state index is -0.992. The minimum absolute atomic E-state index is 0.0503. The molecular weight excluding hydrogens is 531 g/mol. The summed E-state index contributed by atoms with van der Waals surface area (Å²) in [5, 5.41) is 26.3. The van der Waals surface area contributed by atoms with Gasteiger partial charge in [0.2, 0.25) is 0 Å². The summed E-state index contributed by atoms with van der Waals surface area (Å²) in [5.41, 5.74) is 1.05. The first-order chi connectivity index (χ1) is 15.9. The molecule has 172 valence electrons. The van der Waals surface area contributed by atoms with Crippen molar-refractivity contribution in [3.63, 3.8) is 0 Å². The summed E-state index contributed by atoms with van der Waals surface area (Å²) in [7, 11) is 0. The molecular formula is C26H27IN2O4. The van der Waals surface area contributed by atoms with E-state index in [0.29, 0.717) is 37.0 Å². The number of ether oxygens (including phenoxy) is 1. The highest BCUT2D eigenvalue weighted by molar-refractivity contribution is 14.1. The van der Waals surface area contributed by atoms with Crippen molar-refractivity contribution in [3.8, 4) is 11.5 Å². The normalized spacial score (nSPS) is 33.7. The molecule has 1 spiro atoms. The second kappa shape index (κ2) is 7.45. The van der Waals surface area contributed by atoms with Crippen molar-refractivity contribution in [2.24, 2.45) is 0 Å². The standard InChI is InChI=1S/C26H27IN2O4/c1-2-11-29-12-10-25-21-15-6-7-19(30)22(21)33-23(25)18(8-9-26(25,32)20(29)14-15)28-24(31)16-4-3-5-17(27)13-16/h2-7,13,18,20,23,30,32H,1,8-12,14H2,(H,28,31)/t18-,20+,23-,25-,26+/m0/s1. The lowest BCUT2D eigenvalue weighted by atomic mass is 9.48. The van der Waals surface area contributed by atoms with E-state index in [1.807, 2.05) is 36.4 Å². The van der Waals surface area contributed by atoms with E-state index in [0.717, 1.165) is 27.8 Å². The number of hydrogen-bond acceptors (Lipinski definition) is 5. The van der Waals surface area contributed by atoms with E-state index >= 15 is 0 Å². The van der Waals surface area contributed by atoms with Gasteiger partial charge in [-0.1, -0.05) is 18.2 Å². The van der Waals surface area contributed by atoms with Gasteiger partial charge < -0.3 is 20.3 Å². The Labute approximate surface area is 206 Å². The van der Waals surface area contributed by atoms with Gasteiger partial charge in [-0.05, 0) is 84.6 Å². The van der Waals surface area contributed by atoms with E-state index in [9.17, 15) is 15.0 Å². The van der Waals surface area contributed by atoms with Crippen molar-refractivity contribution in [1.29, 1.82) is 0 Å². The van der Waals surface area contributed by atoms with Gasteiger partial charge in [-0.25, -0.2) is 0 Å². The maximum atomic E-state index is 13.1. The molecule has 4 aliphatic rings. The van der Waals surface area contributed by atoms with Crippen molar-refractivity contribution in [2.75, 3.05) is 13.1 Å². The summed E-state index contributed by atoms with van der Waals surface area (Å²) < 4.78 is 7.48. The van der Waals surface area contributed by atoms with Gasteiger partial charge >= 0.3 is 0 Å². The van der Waals surface area contributed by atoms with Gasteiger partial charge in [0, 0.05) is 27.3 Å². The predicted molar refractivity (Wildman–Crippen MR) is 133 cm³/mol. The number of piperidine rings is 1. The number of carbonyl (C=O) groups excluding carboxylic acids is 1. The Balaban J connectivity index is 1.43. The average Bonchev–Trinajstić information content (AvgIpc) is 3.15. The zero-order valence-corrected chi connectivity index (χ0v) is 20.4. The van der Waals surface area contributed by atoms with Gasteiger partial charge in [0.05, 0.1) is 17.1 Å². The third-order valence-electron chi connectivity index (χ3n) is 8.34. The lowest BCUT2D eigenvalue weighted by Gasteiger charge is -2.64. The summed E-state index contributed by atoms with van der Waals surface area (Å²) in [6, 6.07) is 10.9. The lowest BCUT2D eigenvalue weighted by molar-refractivity contribution is -0.188. The van der Waals surface area contributed by atoms with Crippen LogP contribution < -0.4 is 10.1 Å². The van der Waals surface area contributed by atoms with E-state index < -0.39 is 17.1 Å². The number of aliphatic hydroxyl groups is 1. The first-order valence-electron chi connectivity index (χ1n) is 11.5. The number of likely N-dealkylation sites (tertiary alicyclic amines) is 1. The smallest absolute Gasteiger partial charge is 0.251 e. The molecule has 0 radical (unpaired) electrons. The summed E-state index contributed by atoms with van der Waals surface area (Å²) in [6.45, 7) is 5.45. The van der Waals surface area contributed by atoms with Crippen molar-refractivity contribution < 1.29 is 19.7 Å². The number of halogens is 1. The Bertz CT molecular complexity index is 1170. The fourth-order valence-electron chi connectivity index (χ4n) is 7.04. The highest BCUT2D eigenvalue weighted by Gasteiger charge is 2.72. The van der Waals surface area contributed by atoms with Gasteiger partial charge in [-0.3, -0.25) is 9.69 Å². The molecule has 2 aromatic rings. The van der Waals surface area contributed by atoms with E-state index in [4.69, 9.17) is 4.74 Å². The third kappa shape index (κ3) is 2.82. The Morgan fingerprint density at radius 1 is 1.33 bits per heavy atom. The third-order valence-corrected chi connectivity index (χ3v) is 9.01. The topological polar surface area (TPSA) is 82.0 Å². The number of rotatable bonds is 4. The molecule has 2 aromatic carbocycles. The molecule has 6 rings (SSSR count). The van der Waals surface area contributed by atoms with Crippen LogP contribution in [-0.2, 0) is 11.8 Å². The molecule has 3 N–H and O–H groups in total. The van der Waals surface area contributed by atoms with Gasteiger partial charge in [-0.2, -0.15) is 0 Å². The molecule has 2 aliphatic carbocycles. The van der Waals surface area contributed by atoms with Crippen LogP contribution in [0.1, 0.15) is 40.7 Å². The zero-order chi connectivity index (χ0) is 23.0. The van der Waals surface area contributed by atoms with Crippen LogP contribution in [0.15, 0.2) is 49.1 Å². The fraction of sp³-hybridized carbons (Fsp3) is 0.423. The van der Waals surface area contributed by atoms with E-state index in [1.165, 1.54) is 0 Å². The molecule has 1 amide bonds. The van der Waals surface area contributed by atoms with Crippen molar-refractivity contribution in [1.82, 2.24) is 10.2 Å². The summed E-state index contributed by atoms with van der Waals surface area (Å²) in [5.74, 6) is 0.456. The van der Waals surface area contributed by atoms with E-state index in [2.05, 4.69) is 39.4 Å². The predicted octanol–water partition coefficient (Wildman–Crippen LogP) is 3.14. The zero-order valence-electron chi connectivity index (χ0n) is 18.3. The molecule has 6 nitrogen and oxygen atoms in total. The number of amides is 1. The summed E-state index contributed by atoms with van der Waals surface area (Å²) >= 11 is 2.20. The first kappa shape index (κ1) is 21.4. The SMILES string of the molecule is C=CCN1CC[C@]23c4c5ccc(O)c4O[C@H]2[C@@H](NC(=O)c2cccc(I)c2)CC[C@@]3(O)[C@H]1C5. The Morgan fingerprint density at radius 3 is 2.97 bits per heavy atom. The number of benzene rings is 2. The number of carbonyl (C=O) groups is 1. The first-order valence-corrected chi connectivity index (χ1v) is 12.6. The summed E-state index contributed by atoms with van der Waals surface area (Å²) in [4.78, 5) is 15.5. The number of phenolic OH excluding ortho intramolecular Hbond substituents is 1. The van der Waals surface area contributed by atoms with Crippen LogP contribution in [0.5, 0.6) is 11.5 Å². The van der Waals surface area contributed by atoms with Crippen LogP contribution in [0.25, 0.3) is 0 Å². The number of nitrogens with one attached hydrogen (secondary N) is 1. The van der Waals surface area contributed by atoms with Crippen LogP contribution in [0.3, 0.4) is 0 Å². The van der Waals surface area contributed by atoms with Gasteiger partial charge in [0.1, 0.15) is 6.10 Å². The second-order valence-corrected chi connectivity index (χ2v) is 11.0. The largest absolute Gasteiger partial charge is 0.504 e. The Hall–Kier alpha value is -2.10. The average molecular weight is 558 g/mol. The van der Waals surface area contributed by atoms with E-state index in [1.54, 1.807) is 6.07 Å². The van der Waals surface area contributed by atoms with Gasteiger partial charge in [0.15, 0.2) is 11.5 Å². The van der Waals surface area contributed by atoms with Crippen molar-refractivity contribution in [3.05, 3.63) is 69.3 Å². The minimum Gasteiger partial charge on any atom is -0.504 e. The van der Waals surface area contributed by atoms with Crippen LogP contribution in [0, 0.1) is 3.57 Å². The molecule has 1 saturated carbocycles. The molecule has 2 heterocycles. The summed E-state index contributed by atoms with van der Waals surface area (Å²) in [6.07, 6.45) is 4.06. The van der Waals surface area contributed by atoms with Gasteiger partial charge in [0.25, 0.3) is 5.91 Å². The Kier molecular flexibility index (Phi) is 4.84. The number of phenols is 1. The molecule has 0 aromatic heterocycles. The van der Waals surface area contributed by atoms with Crippen LogP contribution in [0.4, 0.5) is 0 Å². The molecule has 2 bridgehead atoms. The molecule has 2 fully saturated rings. The van der Waals surface area contributed by atoms with E-state index in [-0.39, 0.29) is 23.7 Å². The number of nitrogens with zero attached hydrogens (tertiary/aromatic N) is 1. The highest BCUT2D eigenvalue weighted by atomic mass is 127.